The van der Waals surface area contributed by atoms with Crippen molar-refractivity contribution in [2.75, 3.05) is 136 Å². The zero-order chi connectivity index (χ0) is 51.9. The van der Waals surface area contributed by atoms with Gasteiger partial charge in [-0.1, -0.05) is 53.6 Å². The van der Waals surface area contributed by atoms with E-state index in [4.69, 9.17) is 29.4 Å². The SMILES string of the molecule is c1ccc(CN2CCC(Nc3cc(N4CCOC(C5CC(Nc6cc(N7CCOCC7)nc(NCc7cn(CCCN8CCCCC8)nn7)n6)CCN5)C4)nc(NCc4cn(CCCN5CCCCC5)nn4)n3)CC2)cc1. The van der Waals surface area contributed by atoms with E-state index >= 15 is 0 Å². The molecule has 0 spiro atoms. The second-order valence-corrected chi connectivity index (χ2v) is 22.1. The molecule has 3 atom stereocenters. The zero-order valence-corrected chi connectivity index (χ0v) is 45.4. The van der Waals surface area contributed by atoms with Gasteiger partial charge in [0.1, 0.15) is 34.7 Å². The maximum atomic E-state index is 6.61. The van der Waals surface area contributed by atoms with Gasteiger partial charge in [0.05, 0.1) is 51.4 Å². The lowest BCUT2D eigenvalue weighted by Gasteiger charge is -2.41. The first kappa shape index (κ1) is 53.2. The van der Waals surface area contributed by atoms with Crippen molar-refractivity contribution in [3.63, 3.8) is 0 Å². The Morgan fingerprint density at radius 1 is 0.571 bits per heavy atom. The van der Waals surface area contributed by atoms with Crippen LogP contribution >= 0.6 is 0 Å². The number of rotatable bonds is 23. The highest BCUT2D eigenvalue weighted by atomic mass is 16.5. The summed E-state index contributed by atoms with van der Waals surface area (Å²) in [4.78, 5) is 32.6. The van der Waals surface area contributed by atoms with Gasteiger partial charge in [0.25, 0.3) is 0 Å². The van der Waals surface area contributed by atoms with Crippen LogP contribution in [0.25, 0.3) is 0 Å². The van der Waals surface area contributed by atoms with Crippen molar-refractivity contribution in [3.05, 3.63) is 71.8 Å². The highest BCUT2D eigenvalue weighted by Gasteiger charge is 2.34. The third-order valence-electron chi connectivity index (χ3n) is 16.3. The molecule has 6 aliphatic rings. The first-order chi connectivity index (χ1) is 38.0. The number of benzene rings is 1. The Labute approximate surface area is 454 Å². The first-order valence-electron chi connectivity index (χ1n) is 29.3. The topological polar surface area (TPSA) is 208 Å². The van der Waals surface area contributed by atoms with Crippen LogP contribution in [0.5, 0.6) is 0 Å². The van der Waals surface area contributed by atoms with E-state index in [0.29, 0.717) is 57.4 Å². The highest BCUT2D eigenvalue weighted by molar-refractivity contribution is 5.56. The average Bonchev–Trinajstić information content (AvgIpc) is 4.15. The van der Waals surface area contributed by atoms with Gasteiger partial charge in [-0.25, -0.2) is 0 Å². The largest absolute Gasteiger partial charge is 0.378 e. The summed E-state index contributed by atoms with van der Waals surface area (Å²) in [7, 11) is 0. The Bertz CT molecular complexity index is 2540. The van der Waals surface area contributed by atoms with Crippen LogP contribution in [0, 0.1) is 0 Å². The number of anilines is 6. The van der Waals surface area contributed by atoms with E-state index in [1.807, 2.05) is 15.6 Å². The Balaban J connectivity index is 0.724. The molecule has 0 aliphatic carbocycles. The molecule has 22 nitrogen and oxygen atoms in total. The molecule has 11 rings (SSSR count). The lowest BCUT2D eigenvalue weighted by atomic mass is 9.94. The lowest BCUT2D eigenvalue weighted by molar-refractivity contribution is 0.00776. The second-order valence-electron chi connectivity index (χ2n) is 22.1. The number of morpholine rings is 2. The first-order valence-corrected chi connectivity index (χ1v) is 29.3. The van der Waals surface area contributed by atoms with Crippen LogP contribution in [0.1, 0.15) is 94.0 Å². The Kier molecular flexibility index (Phi) is 18.8. The molecule has 4 aromatic heterocycles. The summed E-state index contributed by atoms with van der Waals surface area (Å²) in [6.07, 6.45) is 18.1. The van der Waals surface area contributed by atoms with Gasteiger partial charge in [-0.05, 0) is 116 Å². The van der Waals surface area contributed by atoms with E-state index in [0.717, 1.165) is 145 Å². The number of hydrogen-bond acceptors (Lipinski definition) is 20. The summed E-state index contributed by atoms with van der Waals surface area (Å²) in [6, 6.07) is 15.6. The molecule has 1 aromatic carbocycles. The average molecular weight is 1060 g/mol. The number of aromatic nitrogens is 10. The molecule has 0 bridgehead atoms. The minimum Gasteiger partial charge on any atom is -0.378 e. The third-order valence-corrected chi connectivity index (χ3v) is 16.3. The number of aryl methyl sites for hydroxylation is 2. The molecule has 5 aromatic rings. The van der Waals surface area contributed by atoms with E-state index in [-0.39, 0.29) is 18.2 Å². The zero-order valence-electron chi connectivity index (χ0n) is 45.4. The van der Waals surface area contributed by atoms with Crippen LogP contribution in [-0.4, -0.2) is 194 Å². The fraction of sp³-hybridized carbons (Fsp3) is 0.673. The van der Waals surface area contributed by atoms with Crippen molar-refractivity contribution < 1.29 is 9.47 Å². The number of piperidine rings is 4. The van der Waals surface area contributed by atoms with Crippen molar-refractivity contribution >= 4 is 35.2 Å². The van der Waals surface area contributed by atoms with Gasteiger partial charge in [0.2, 0.25) is 11.9 Å². The molecule has 0 amide bonds. The van der Waals surface area contributed by atoms with Crippen molar-refractivity contribution in [3.8, 4) is 0 Å². The molecule has 10 heterocycles. The summed E-state index contributed by atoms with van der Waals surface area (Å²) in [5, 5.41) is 36.4. The molecule has 0 radical (unpaired) electrons. The normalized spacial score (nSPS) is 22.5. The molecular weight excluding hydrogens is 973 g/mol. The van der Waals surface area contributed by atoms with Crippen LogP contribution < -0.4 is 36.4 Å². The Morgan fingerprint density at radius 2 is 1.16 bits per heavy atom. The Hall–Kier alpha value is -5.78. The number of nitrogens with zero attached hydrogens (tertiary/aromatic N) is 15. The van der Waals surface area contributed by atoms with Gasteiger partial charge in [-0.2, -0.15) is 19.9 Å². The molecule has 3 unspecified atom stereocenters. The van der Waals surface area contributed by atoms with Gasteiger partial charge < -0.3 is 55.7 Å². The van der Waals surface area contributed by atoms with Gasteiger partial charge >= 0.3 is 0 Å². The molecule has 77 heavy (non-hydrogen) atoms. The predicted octanol–water partition coefficient (Wildman–Crippen LogP) is 4.78. The number of likely N-dealkylation sites (tertiary alicyclic amines) is 3. The minimum absolute atomic E-state index is 0.0419. The van der Waals surface area contributed by atoms with Crippen LogP contribution in [0.15, 0.2) is 54.9 Å². The molecular formula is C55H84N20O2. The lowest BCUT2D eigenvalue weighted by Crippen LogP contribution is -2.56. The summed E-state index contributed by atoms with van der Waals surface area (Å²) < 4.78 is 16.3. The van der Waals surface area contributed by atoms with E-state index in [1.54, 1.807) is 0 Å². The maximum Gasteiger partial charge on any atom is 0.226 e. The fourth-order valence-electron chi connectivity index (χ4n) is 12.0. The van der Waals surface area contributed by atoms with Gasteiger partial charge in [-0.3, -0.25) is 14.3 Å². The number of nitrogens with one attached hydrogen (secondary N) is 5. The second kappa shape index (κ2) is 27.2. The predicted molar refractivity (Wildman–Crippen MR) is 300 cm³/mol. The molecule has 416 valence electrons. The van der Waals surface area contributed by atoms with Gasteiger partial charge in [-0.15, -0.1) is 10.2 Å². The molecule has 6 aliphatic heterocycles. The van der Waals surface area contributed by atoms with Crippen molar-refractivity contribution in [1.82, 2.24) is 69.9 Å². The van der Waals surface area contributed by atoms with Gasteiger partial charge in [0, 0.05) is 89.2 Å². The van der Waals surface area contributed by atoms with Gasteiger partial charge in [0.15, 0.2) is 0 Å². The molecule has 6 saturated heterocycles. The Morgan fingerprint density at radius 3 is 1.78 bits per heavy atom. The molecule has 5 N–H and O–H groups in total. The number of ether oxygens (including phenoxy) is 2. The molecule has 22 heteroatoms. The van der Waals surface area contributed by atoms with E-state index in [1.165, 1.54) is 70.3 Å². The van der Waals surface area contributed by atoms with Crippen LogP contribution in [-0.2, 0) is 42.2 Å². The third kappa shape index (κ3) is 15.7. The smallest absolute Gasteiger partial charge is 0.226 e. The highest BCUT2D eigenvalue weighted by Crippen LogP contribution is 2.28. The van der Waals surface area contributed by atoms with E-state index < -0.39 is 0 Å². The van der Waals surface area contributed by atoms with Crippen LogP contribution in [0.3, 0.4) is 0 Å². The van der Waals surface area contributed by atoms with Crippen molar-refractivity contribution in [1.29, 1.82) is 0 Å². The number of hydrogen-bond donors (Lipinski definition) is 5. The van der Waals surface area contributed by atoms with Crippen molar-refractivity contribution in [2.24, 2.45) is 0 Å². The minimum atomic E-state index is -0.0419. The summed E-state index contributed by atoms with van der Waals surface area (Å²) in [5.41, 5.74) is 3.10. The quantitative estimate of drug-likeness (QED) is 0.0597. The van der Waals surface area contributed by atoms with Crippen LogP contribution in [0.4, 0.5) is 35.2 Å². The monoisotopic (exact) mass is 1060 g/mol. The summed E-state index contributed by atoms with van der Waals surface area (Å²) >= 11 is 0. The molecule has 6 fully saturated rings. The van der Waals surface area contributed by atoms with Crippen molar-refractivity contribution in [2.45, 2.75) is 134 Å². The van der Waals surface area contributed by atoms with E-state index in [9.17, 15) is 0 Å². The maximum absolute atomic E-state index is 6.61. The molecule has 0 saturated carbocycles. The fourth-order valence-corrected chi connectivity index (χ4v) is 12.0. The summed E-state index contributed by atoms with van der Waals surface area (Å²) in [5.74, 6) is 4.56. The standard InChI is InChI=1S/C55H84N20O2/c1-4-12-43(13-5-1)39-71-26-15-44(16-27-71)59-50-36-53(64-55(61-50)58-38-47-41-75(68-66-47)25-11-23-70-20-8-3-9-21-70)73-30-33-77-49(42-73)48-34-45(14-17-56-48)60-51-35-52(72-28-31-76-32-29-72)63-54(62-51)57-37-46-40-74(67-65-46)24-10-22-69-18-6-2-7-19-69/h1,4-5,12-13,35-36,40-41,44-45,48-49,56H,2-3,6-11,14-34,37-39,42H2,(H2,57,60,62,63)(H2,58,59,61,64). The van der Waals surface area contributed by atoms with E-state index in [2.05, 4.69) is 120 Å². The summed E-state index contributed by atoms with van der Waals surface area (Å²) in [6.45, 7) is 18.6. The van der Waals surface area contributed by atoms with Crippen LogP contribution in [0.2, 0.25) is 0 Å².